The van der Waals surface area contributed by atoms with Crippen LogP contribution in [0.3, 0.4) is 0 Å². The van der Waals surface area contributed by atoms with Crippen LogP contribution in [0.15, 0.2) is 46.9 Å². The van der Waals surface area contributed by atoms with E-state index in [4.69, 9.17) is 4.74 Å². The van der Waals surface area contributed by atoms with Gasteiger partial charge in [0.15, 0.2) is 0 Å². The van der Waals surface area contributed by atoms with Crippen LogP contribution in [-0.2, 0) is 0 Å². The Morgan fingerprint density at radius 3 is 2.90 bits per heavy atom. The number of halogens is 2. The van der Waals surface area contributed by atoms with Gasteiger partial charge < -0.3 is 10.1 Å². The molecular weight excluding hydrogens is 321 g/mol. The molecular formula is C16H15BrFNO. The molecule has 0 aliphatic carbocycles. The number of rotatable bonds is 3. The zero-order valence-electron chi connectivity index (χ0n) is 11.1. The van der Waals surface area contributed by atoms with Crippen molar-refractivity contribution in [2.24, 2.45) is 0 Å². The van der Waals surface area contributed by atoms with E-state index in [1.165, 1.54) is 11.6 Å². The van der Waals surface area contributed by atoms with Gasteiger partial charge in [-0.25, -0.2) is 4.39 Å². The van der Waals surface area contributed by atoms with Crippen LogP contribution >= 0.6 is 15.9 Å². The highest BCUT2D eigenvalue weighted by Crippen LogP contribution is 2.33. The second-order valence-electron chi connectivity index (χ2n) is 4.96. The molecule has 2 unspecified atom stereocenters. The van der Waals surface area contributed by atoms with Gasteiger partial charge in [0.2, 0.25) is 0 Å². The summed E-state index contributed by atoms with van der Waals surface area (Å²) in [5.74, 6) is 0.702. The van der Waals surface area contributed by atoms with E-state index in [-0.39, 0.29) is 17.9 Å². The van der Waals surface area contributed by atoms with Gasteiger partial charge in [0.1, 0.15) is 18.2 Å². The molecule has 1 aliphatic rings. The molecule has 0 spiro atoms. The van der Waals surface area contributed by atoms with Crippen LogP contribution in [0.5, 0.6) is 5.75 Å². The van der Waals surface area contributed by atoms with Crippen LogP contribution in [0.4, 0.5) is 4.39 Å². The van der Waals surface area contributed by atoms with E-state index in [1.54, 1.807) is 6.07 Å². The second-order valence-corrected chi connectivity index (χ2v) is 5.82. The van der Waals surface area contributed by atoms with Crippen LogP contribution in [0.25, 0.3) is 0 Å². The van der Waals surface area contributed by atoms with Gasteiger partial charge in [-0.1, -0.05) is 24.3 Å². The van der Waals surface area contributed by atoms with Gasteiger partial charge in [-0.05, 0) is 46.6 Å². The zero-order valence-corrected chi connectivity index (χ0v) is 12.7. The molecule has 0 saturated heterocycles. The molecule has 1 aliphatic heterocycles. The highest BCUT2D eigenvalue weighted by Gasteiger charge is 2.25. The van der Waals surface area contributed by atoms with Gasteiger partial charge >= 0.3 is 0 Å². The summed E-state index contributed by atoms with van der Waals surface area (Å²) in [6.45, 7) is 2.70. The lowest BCUT2D eigenvalue weighted by Crippen LogP contribution is -2.25. The maximum Gasteiger partial charge on any atom is 0.137 e. The molecule has 0 saturated carbocycles. The first-order valence-electron chi connectivity index (χ1n) is 6.58. The lowest BCUT2D eigenvalue weighted by Gasteiger charge is -2.19. The molecule has 0 amide bonds. The minimum atomic E-state index is -0.240. The van der Waals surface area contributed by atoms with Gasteiger partial charge in [0, 0.05) is 11.6 Å². The number of hydrogen-bond acceptors (Lipinski definition) is 2. The van der Waals surface area contributed by atoms with E-state index in [0.717, 1.165) is 11.3 Å². The smallest absolute Gasteiger partial charge is 0.137 e. The third-order valence-electron chi connectivity index (χ3n) is 3.59. The summed E-state index contributed by atoms with van der Waals surface area (Å²) >= 11 is 3.23. The summed E-state index contributed by atoms with van der Waals surface area (Å²) in [7, 11) is 0. The maximum atomic E-state index is 13.3. The number of fused-ring (bicyclic) bond motifs is 1. The average Bonchev–Trinajstić information content (AvgIpc) is 2.85. The quantitative estimate of drug-likeness (QED) is 0.899. The number of hydrogen-bond donors (Lipinski definition) is 1. The molecule has 20 heavy (non-hydrogen) atoms. The van der Waals surface area contributed by atoms with Crippen molar-refractivity contribution in [2.45, 2.75) is 19.0 Å². The van der Waals surface area contributed by atoms with Crippen molar-refractivity contribution in [2.75, 3.05) is 6.61 Å². The predicted octanol–water partition coefficient (Wildman–Crippen LogP) is 4.37. The highest BCUT2D eigenvalue weighted by molar-refractivity contribution is 9.10. The first-order valence-corrected chi connectivity index (χ1v) is 7.37. The lowest BCUT2D eigenvalue weighted by atomic mass is 10.0. The molecule has 1 N–H and O–H groups in total. The van der Waals surface area contributed by atoms with Crippen molar-refractivity contribution in [1.82, 2.24) is 5.32 Å². The number of nitrogens with one attached hydrogen (secondary N) is 1. The average molecular weight is 336 g/mol. The van der Waals surface area contributed by atoms with Crippen molar-refractivity contribution in [3.8, 4) is 5.75 Å². The normalized spacial score (nSPS) is 18.4. The summed E-state index contributed by atoms with van der Waals surface area (Å²) in [4.78, 5) is 0. The topological polar surface area (TPSA) is 21.3 Å². The predicted molar refractivity (Wildman–Crippen MR) is 80.3 cm³/mol. The molecule has 2 aromatic rings. The van der Waals surface area contributed by atoms with Crippen molar-refractivity contribution in [1.29, 1.82) is 0 Å². The monoisotopic (exact) mass is 335 g/mol. The van der Waals surface area contributed by atoms with E-state index >= 15 is 0 Å². The lowest BCUT2D eigenvalue weighted by molar-refractivity contribution is 0.301. The molecule has 2 aromatic carbocycles. The Labute approximate surface area is 126 Å². The largest absolute Gasteiger partial charge is 0.491 e. The number of para-hydroxylation sites is 1. The third kappa shape index (κ3) is 2.58. The molecule has 0 fully saturated rings. The fourth-order valence-electron chi connectivity index (χ4n) is 2.48. The second kappa shape index (κ2) is 5.54. The Kier molecular flexibility index (Phi) is 3.76. The fraction of sp³-hybridized carbons (Fsp3) is 0.250. The van der Waals surface area contributed by atoms with Crippen molar-refractivity contribution in [3.05, 3.63) is 63.9 Å². The Morgan fingerprint density at radius 2 is 2.10 bits per heavy atom. The minimum absolute atomic E-state index is 0.117. The Bertz CT molecular complexity index is 632. The fourth-order valence-corrected chi connectivity index (χ4v) is 2.88. The van der Waals surface area contributed by atoms with Gasteiger partial charge in [-0.2, -0.15) is 0 Å². The van der Waals surface area contributed by atoms with Crippen molar-refractivity contribution in [3.63, 3.8) is 0 Å². The molecule has 4 heteroatoms. The molecule has 104 valence electrons. The minimum Gasteiger partial charge on any atom is -0.491 e. The summed E-state index contributed by atoms with van der Waals surface area (Å²) in [5.41, 5.74) is 2.23. The van der Waals surface area contributed by atoms with Crippen LogP contribution < -0.4 is 10.1 Å². The first kappa shape index (κ1) is 13.6. The Morgan fingerprint density at radius 1 is 1.30 bits per heavy atom. The van der Waals surface area contributed by atoms with E-state index in [0.29, 0.717) is 11.1 Å². The highest BCUT2D eigenvalue weighted by atomic mass is 79.9. The van der Waals surface area contributed by atoms with Crippen LogP contribution in [0.1, 0.15) is 30.1 Å². The van der Waals surface area contributed by atoms with Crippen LogP contribution in [0, 0.1) is 5.82 Å². The molecule has 0 aromatic heterocycles. The van der Waals surface area contributed by atoms with Crippen molar-refractivity contribution >= 4 is 15.9 Å². The van der Waals surface area contributed by atoms with Crippen molar-refractivity contribution < 1.29 is 9.13 Å². The van der Waals surface area contributed by atoms with E-state index in [9.17, 15) is 4.39 Å². The summed E-state index contributed by atoms with van der Waals surface area (Å²) in [6, 6.07) is 13.4. The SMILES string of the molecule is CC(NC1COc2ccccc21)c1ccc(F)c(Br)c1. The summed E-state index contributed by atoms with van der Waals surface area (Å²) in [5, 5.41) is 3.53. The Balaban J connectivity index is 1.77. The van der Waals surface area contributed by atoms with Gasteiger partial charge in [0.25, 0.3) is 0 Å². The maximum absolute atomic E-state index is 13.3. The molecule has 2 atom stereocenters. The first-order chi connectivity index (χ1) is 9.65. The molecule has 1 heterocycles. The van der Waals surface area contributed by atoms with Crippen LogP contribution in [0.2, 0.25) is 0 Å². The van der Waals surface area contributed by atoms with E-state index in [1.807, 2.05) is 24.3 Å². The molecule has 0 radical (unpaired) electrons. The standard InChI is InChI=1S/C16H15BrFNO/c1-10(11-6-7-14(18)13(17)8-11)19-15-9-20-16-5-3-2-4-12(15)16/h2-8,10,15,19H,9H2,1H3. The molecule has 2 nitrogen and oxygen atoms in total. The summed E-state index contributed by atoms with van der Waals surface area (Å²) in [6.07, 6.45) is 0. The molecule has 0 bridgehead atoms. The molecule has 3 rings (SSSR count). The third-order valence-corrected chi connectivity index (χ3v) is 4.20. The zero-order chi connectivity index (χ0) is 14.1. The summed E-state index contributed by atoms with van der Waals surface area (Å²) < 4.78 is 19.4. The van der Waals surface area contributed by atoms with Gasteiger partial charge in [0.05, 0.1) is 10.5 Å². The number of benzene rings is 2. The Hall–Kier alpha value is -1.39. The van der Waals surface area contributed by atoms with Gasteiger partial charge in [-0.15, -0.1) is 0 Å². The number of ether oxygens (including phenoxy) is 1. The van der Waals surface area contributed by atoms with Gasteiger partial charge in [-0.3, -0.25) is 0 Å². The van der Waals surface area contributed by atoms with E-state index < -0.39 is 0 Å². The van der Waals surface area contributed by atoms with Crippen LogP contribution in [-0.4, -0.2) is 6.61 Å². The van der Waals surface area contributed by atoms with E-state index in [2.05, 4.69) is 34.2 Å².